The van der Waals surface area contributed by atoms with E-state index in [9.17, 15) is 4.79 Å². The Bertz CT molecular complexity index is 335. The van der Waals surface area contributed by atoms with Gasteiger partial charge in [-0.1, -0.05) is 0 Å². The molecule has 3 nitrogen and oxygen atoms in total. The lowest BCUT2D eigenvalue weighted by Gasteiger charge is -2.19. The maximum absolute atomic E-state index is 10.8. The molecule has 0 fully saturated rings. The lowest BCUT2D eigenvalue weighted by molar-refractivity contribution is -0.146. The highest BCUT2D eigenvalue weighted by atomic mass is 79.9. The zero-order chi connectivity index (χ0) is 10.8. The van der Waals surface area contributed by atoms with Gasteiger partial charge in [-0.3, -0.25) is 4.79 Å². The minimum Gasteiger partial charge on any atom is -0.481 e. The van der Waals surface area contributed by atoms with Crippen LogP contribution in [0.15, 0.2) is 15.9 Å². The van der Waals surface area contributed by atoms with Gasteiger partial charge in [-0.05, 0) is 41.9 Å². The van der Waals surface area contributed by atoms with Crippen LogP contribution in [0, 0.1) is 5.41 Å². The van der Waals surface area contributed by atoms with Gasteiger partial charge >= 0.3 is 5.97 Å². The van der Waals surface area contributed by atoms with E-state index < -0.39 is 11.4 Å². The smallest absolute Gasteiger partial charge is 0.310 e. The lowest BCUT2D eigenvalue weighted by Crippen LogP contribution is -2.31. The van der Waals surface area contributed by atoms with Gasteiger partial charge in [-0.15, -0.1) is 11.3 Å². The first-order valence-electron chi connectivity index (χ1n) is 4.14. The maximum Gasteiger partial charge on any atom is 0.310 e. The average Bonchev–Trinajstić information content (AvgIpc) is 2.48. The zero-order valence-corrected chi connectivity index (χ0v) is 10.4. The summed E-state index contributed by atoms with van der Waals surface area (Å²) in [5.74, 6) is -0.791. The van der Waals surface area contributed by atoms with Gasteiger partial charge in [0.2, 0.25) is 0 Å². The third-order valence-electron chi connectivity index (χ3n) is 1.86. The summed E-state index contributed by atoms with van der Waals surface area (Å²) in [4.78, 5) is 10.8. The average molecular weight is 278 g/mol. The molecule has 0 aromatic carbocycles. The van der Waals surface area contributed by atoms with E-state index in [1.807, 2.05) is 12.1 Å². The molecule has 1 aromatic heterocycles. The van der Waals surface area contributed by atoms with Crippen LogP contribution in [0.3, 0.4) is 0 Å². The van der Waals surface area contributed by atoms with Crippen LogP contribution in [0.1, 0.15) is 13.8 Å². The first-order valence-corrected chi connectivity index (χ1v) is 5.75. The molecule has 2 N–H and O–H groups in total. The number of halogens is 1. The van der Waals surface area contributed by atoms with Gasteiger partial charge in [-0.2, -0.15) is 0 Å². The van der Waals surface area contributed by atoms with Crippen molar-refractivity contribution in [1.29, 1.82) is 0 Å². The molecule has 1 rings (SSSR count). The van der Waals surface area contributed by atoms with Crippen LogP contribution >= 0.6 is 27.3 Å². The van der Waals surface area contributed by atoms with E-state index in [1.165, 1.54) is 0 Å². The van der Waals surface area contributed by atoms with Crippen molar-refractivity contribution in [3.05, 3.63) is 15.9 Å². The molecule has 1 aromatic rings. The van der Waals surface area contributed by atoms with Gasteiger partial charge in [0.1, 0.15) is 0 Å². The number of hydrogen-bond donors (Lipinski definition) is 2. The van der Waals surface area contributed by atoms with Gasteiger partial charge in [-0.25, -0.2) is 0 Å². The summed E-state index contributed by atoms with van der Waals surface area (Å²) in [7, 11) is 0. The molecule has 0 aliphatic carbocycles. The number of carboxylic acid groups (broad SMARTS) is 1. The molecule has 14 heavy (non-hydrogen) atoms. The molecule has 5 heteroatoms. The molecule has 0 saturated carbocycles. The van der Waals surface area contributed by atoms with Crippen LogP contribution in [-0.2, 0) is 4.79 Å². The second-order valence-corrected chi connectivity index (χ2v) is 6.11. The summed E-state index contributed by atoms with van der Waals surface area (Å²) < 4.78 is 1.04. The maximum atomic E-state index is 10.8. The van der Waals surface area contributed by atoms with Gasteiger partial charge in [0, 0.05) is 6.54 Å². The van der Waals surface area contributed by atoms with Gasteiger partial charge in [0.05, 0.1) is 14.2 Å². The standard InChI is InChI=1S/C9H12BrNO2S/c1-9(2,8(12)13)5-11-7-4-3-6(10)14-7/h3-4,11H,5H2,1-2H3,(H,12,13). The van der Waals surface area contributed by atoms with Gasteiger partial charge in [0.25, 0.3) is 0 Å². The normalized spacial score (nSPS) is 11.4. The first kappa shape index (κ1) is 11.5. The minimum atomic E-state index is -0.791. The molecule has 0 bridgehead atoms. The Labute approximate surface area is 95.3 Å². The van der Waals surface area contributed by atoms with E-state index in [1.54, 1.807) is 25.2 Å². The number of carbonyl (C=O) groups is 1. The Hall–Kier alpha value is -0.550. The highest BCUT2D eigenvalue weighted by Gasteiger charge is 2.26. The first-order chi connectivity index (χ1) is 6.42. The van der Waals surface area contributed by atoms with E-state index in [-0.39, 0.29) is 0 Å². The number of thiophene rings is 1. The molecule has 0 aliphatic rings. The molecule has 0 unspecified atom stereocenters. The summed E-state index contributed by atoms with van der Waals surface area (Å²) in [5.41, 5.74) is -0.740. The summed E-state index contributed by atoms with van der Waals surface area (Å²) in [6.07, 6.45) is 0. The van der Waals surface area contributed by atoms with E-state index >= 15 is 0 Å². The molecule has 0 saturated heterocycles. The Morgan fingerprint density at radius 2 is 2.29 bits per heavy atom. The van der Waals surface area contributed by atoms with E-state index in [0.29, 0.717) is 6.54 Å². The van der Waals surface area contributed by atoms with E-state index in [0.717, 1.165) is 8.79 Å². The molecular weight excluding hydrogens is 266 g/mol. The van der Waals surface area contributed by atoms with Crippen LogP contribution < -0.4 is 5.32 Å². The molecule has 1 heterocycles. The Kier molecular flexibility index (Phi) is 3.55. The highest BCUT2D eigenvalue weighted by molar-refractivity contribution is 9.11. The fourth-order valence-electron chi connectivity index (χ4n) is 0.793. The number of nitrogens with one attached hydrogen (secondary N) is 1. The third kappa shape index (κ3) is 2.99. The van der Waals surface area contributed by atoms with E-state index in [4.69, 9.17) is 5.11 Å². The van der Waals surface area contributed by atoms with Crippen LogP contribution in [0.5, 0.6) is 0 Å². The van der Waals surface area contributed by atoms with E-state index in [2.05, 4.69) is 21.2 Å². The predicted octanol–water partition coefficient (Wildman–Crippen LogP) is 3.03. The summed E-state index contributed by atoms with van der Waals surface area (Å²) in [6.45, 7) is 3.82. The van der Waals surface area contributed by atoms with Crippen LogP contribution in [0.4, 0.5) is 5.00 Å². The Morgan fingerprint density at radius 3 is 2.71 bits per heavy atom. The van der Waals surface area contributed by atoms with Crippen LogP contribution in [-0.4, -0.2) is 17.6 Å². The SMILES string of the molecule is CC(C)(CNc1ccc(Br)s1)C(=O)O. The quantitative estimate of drug-likeness (QED) is 0.890. The van der Waals surface area contributed by atoms with Gasteiger partial charge in [0.15, 0.2) is 0 Å². The summed E-state index contributed by atoms with van der Waals surface area (Å²) in [6, 6.07) is 3.85. The monoisotopic (exact) mass is 277 g/mol. The molecule has 78 valence electrons. The van der Waals surface area contributed by atoms with Crippen molar-refractivity contribution in [2.45, 2.75) is 13.8 Å². The van der Waals surface area contributed by atoms with Crippen molar-refractivity contribution in [2.24, 2.45) is 5.41 Å². The molecule has 0 amide bonds. The summed E-state index contributed by atoms with van der Waals surface area (Å²) in [5, 5.41) is 13.0. The third-order valence-corrected chi connectivity index (χ3v) is 3.44. The molecule has 0 spiro atoms. The Balaban J connectivity index is 2.52. The fourth-order valence-corrected chi connectivity index (χ4v) is 2.07. The van der Waals surface area contributed by atoms with Crippen LogP contribution in [0.2, 0.25) is 0 Å². The van der Waals surface area contributed by atoms with Crippen molar-refractivity contribution in [3.63, 3.8) is 0 Å². The highest BCUT2D eigenvalue weighted by Crippen LogP contribution is 2.27. The predicted molar refractivity (Wildman–Crippen MR) is 61.9 cm³/mol. The van der Waals surface area contributed by atoms with Crippen molar-refractivity contribution < 1.29 is 9.90 Å². The molecule has 0 radical (unpaired) electrons. The van der Waals surface area contributed by atoms with Crippen molar-refractivity contribution in [1.82, 2.24) is 0 Å². The Morgan fingerprint density at radius 1 is 1.64 bits per heavy atom. The molecule has 0 atom stereocenters. The molecular formula is C9H12BrNO2S. The number of hydrogen-bond acceptors (Lipinski definition) is 3. The topological polar surface area (TPSA) is 49.3 Å². The number of carboxylic acids is 1. The fraction of sp³-hybridized carbons (Fsp3) is 0.444. The van der Waals surface area contributed by atoms with Gasteiger partial charge < -0.3 is 10.4 Å². The minimum absolute atomic E-state index is 0.426. The lowest BCUT2D eigenvalue weighted by atomic mass is 9.94. The second kappa shape index (κ2) is 4.31. The van der Waals surface area contributed by atoms with Crippen molar-refractivity contribution in [3.8, 4) is 0 Å². The number of anilines is 1. The zero-order valence-electron chi connectivity index (χ0n) is 8.00. The molecule has 0 aliphatic heterocycles. The van der Waals surface area contributed by atoms with Crippen molar-refractivity contribution in [2.75, 3.05) is 11.9 Å². The summed E-state index contributed by atoms with van der Waals surface area (Å²) >= 11 is 4.90. The second-order valence-electron chi connectivity index (χ2n) is 3.65. The van der Waals surface area contributed by atoms with Crippen molar-refractivity contribution >= 4 is 38.2 Å². The van der Waals surface area contributed by atoms with Crippen LogP contribution in [0.25, 0.3) is 0 Å². The number of rotatable bonds is 4. The number of aliphatic carboxylic acids is 1. The largest absolute Gasteiger partial charge is 0.481 e.